The Bertz CT molecular complexity index is 1120. The fourth-order valence-electron chi connectivity index (χ4n) is 3.72. The number of benzene rings is 3. The van der Waals surface area contributed by atoms with Crippen molar-refractivity contribution in [2.45, 2.75) is 25.0 Å². The number of carbonyl (C=O) groups is 2. The van der Waals surface area contributed by atoms with Gasteiger partial charge in [0.15, 0.2) is 6.10 Å². The quantitative estimate of drug-likeness (QED) is 0.409. The van der Waals surface area contributed by atoms with E-state index in [-0.39, 0.29) is 6.61 Å². The summed E-state index contributed by atoms with van der Waals surface area (Å²) in [5.74, 6) is 0.296. The summed E-state index contributed by atoms with van der Waals surface area (Å²) in [7, 11) is 3.10. The van der Waals surface area contributed by atoms with Gasteiger partial charge in [-0.1, -0.05) is 60.7 Å². The second kappa shape index (κ2) is 10.8. The molecule has 1 heterocycles. The van der Waals surface area contributed by atoms with Crippen LogP contribution in [0.2, 0.25) is 0 Å². The van der Waals surface area contributed by atoms with Gasteiger partial charge in [0.1, 0.15) is 24.3 Å². The van der Waals surface area contributed by atoms with Gasteiger partial charge in [-0.2, -0.15) is 0 Å². The minimum Gasteiger partial charge on any atom is -0.497 e. The molecule has 8 heteroatoms. The molecule has 176 valence electrons. The second-order valence-corrected chi connectivity index (χ2v) is 7.54. The highest BCUT2D eigenvalue weighted by molar-refractivity contribution is 5.86. The number of hydrogen-bond acceptors (Lipinski definition) is 8. The van der Waals surface area contributed by atoms with E-state index in [2.05, 4.69) is 5.32 Å². The number of methoxy groups -OCH3 is 2. The highest BCUT2D eigenvalue weighted by Gasteiger charge is 2.43. The van der Waals surface area contributed by atoms with E-state index in [0.29, 0.717) is 17.1 Å². The second-order valence-electron chi connectivity index (χ2n) is 7.54. The van der Waals surface area contributed by atoms with Crippen LogP contribution in [-0.2, 0) is 25.6 Å². The summed E-state index contributed by atoms with van der Waals surface area (Å²) in [6, 6.07) is 23.1. The lowest BCUT2D eigenvalue weighted by Crippen LogP contribution is -2.32. The van der Waals surface area contributed by atoms with Crippen LogP contribution in [0.1, 0.15) is 29.0 Å². The van der Waals surface area contributed by atoms with E-state index in [1.54, 1.807) is 37.4 Å². The topological polar surface area (TPSA) is 92.3 Å². The monoisotopic (exact) mass is 463 g/mol. The maximum Gasteiger partial charge on any atom is 0.516 e. The van der Waals surface area contributed by atoms with Crippen molar-refractivity contribution in [1.29, 1.82) is 0 Å². The Morgan fingerprint density at radius 3 is 2.29 bits per heavy atom. The van der Waals surface area contributed by atoms with Crippen molar-refractivity contribution in [2.75, 3.05) is 14.2 Å². The van der Waals surface area contributed by atoms with Crippen LogP contribution in [0.4, 0.5) is 4.79 Å². The zero-order valence-corrected chi connectivity index (χ0v) is 18.8. The Morgan fingerprint density at radius 2 is 1.62 bits per heavy atom. The molecular formula is C26H25NO7. The number of rotatable bonds is 7. The van der Waals surface area contributed by atoms with E-state index in [4.69, 9.17) is 23.7 Å². The van der Waals surface area contributed by atoms with Gasteiger partial charge in [0.25, 0.3) is 0 Å². The van der Waals surface area contributed by atoms with Gasteiger partial charge in [-0.3, -0.25) is 5.32 Å². The van der Waals surface area contributed by atoms with Crippen LogP contribution in [-0.4, -0.2) is 32.4 Å². The van der Waals surface area contributed by atoms with Crippen molar-refractivity contribution in [2.24, 2.45) is 0 Å². The lowest BCUT2D eigenvalue weighted by atomic mass is 10.0. The zero-order valence-electron chi connectivity index (χ0n) is 18.8. The third kappa shape index (κ3) is 5.36. The lowest BCUT2D eigenvalue weighted by Gasteiger charge is -2.16. The first kappa shape index (κ1) is 23.3. The maximum atomic E-state index is 12.9. The van der Waals surface area contributed by atoms with Crippen LogP contribution in [0, 0.1) is 0 Å². The molecule has 34 heavy (non-hydrogen) atoms. The first-order valence-corrected chi connectivity index (χ1v) is 10.7. The molecule has 0 radical (unpaired) electrons. The SMILES string of the molecule is COc1ccc(C2NC(c3ccccc3)C(C(=O)OC(=O)OCc3ccccc3)O2)c(OC)c1. The summed E-state index contributed by atoms with van der Waals surface area (Å²) < 4.78 is 26.8. The van der Waals surface area contributed by atoms with Gasteiger partial charge in [0.2, 0.25) is 0 Å². The lowest BCUT2D eigenvalue weighted by molar-refractivity contribution is -0.153. The molecule has 0 amide bonds. The maximum absolute atomic E-state index is 12.9. The number of carbonyl (C=O) groups excluding carboxylic acids is 2. The molecule has 3 unspecified atom stereocenters. The van der Waals surface area contributed by atoms with Crippen molar-refractivity contribution in [3.63, 3.8) is 0 Å². The smallest absolute Gasteiger partial charge is 0.497 e. The minimum atomic E-state index is -1.09. The van der Waals surface area contributed by atoms with Crippen LogP contribution in [0.5, 0.6) is 11.5 Å². The Balaban J connectivity index is 1.51. The third-order valence-corrected chi connectivity index (χ3v) is 5.41. The van der Waals surface area contributed by atoms with Gasteiger partial charge in [-0.15, -0.1) is 0 Å². The van der Waals surface area contributed by atoms with Crippen molar-refractivity contribution >= 4 is 12.1 Å². The summed E-state index contributed by atoms with van der Waals surface area (Å²) in [6.45, 7) is -0.00941. The van der Waals surface area contributed by atoms with Crippen LogP contribution in [0.15, 0.2) is 78.9 Å². The van der Waals surface area contributed by atoms with Gasteiger partial charge in [-0.25, -0.2) is 9.59 Å². The van der Waals surface area contributed by atoms with Crippen LogP contribution in [0.25, 0.3) is 0 Å². The highest BCUT2D eigenvalue weighted by atomic mass is 16.7. The highest BCUT2D eigenvalue weighted by Crippen LogP contribution is 2.39. The summed E-state index contributed by atoms with van der Waals surface area (Å²) in [5, 5.41) is 3.30. The van der Waals surface area contributed by atoms with E-state index in [9.17, 15) is 9.59 Å². The molecule has 0 spiro atoms. The van der Waals surface area contributed by atoms with Crippen molar-refractivity contribution in [3.8, 4) is 11.5 Å². The molecule has 3 aromatic carbocycles. The molecule has 0 aromatic heterocycles. The van der Waals surface area contributed by atoms with E-state index < -0.39 is 30.5 Å². The van der Waals surface area contributed by atoms with Crippen LogP contribution >= 0.6 is 0 Å². The number of esters is 1. The normalized spacial score (nSPS) is 19.3. The largest absolute Gasteiger partial charge is 0.516 e. The molecule has 0 bridgehead atoms. The number of ether oxygens (including phenoxy) is 5. The molecule has 0 saturated carbocycles. The Kier molecular flexibility index (Phi) is 7.41. The zero-order chi connectivity index (χ0) is 23.9. The van der Waals surface area contributed by atoms with Crippen LogP contribution in [0.3, 0.4) is 0 Å². The Hall–Kier alpha value is -3.88. The molecule has 1 saturated heterocycles. The fraction of sp³-hybridized carbons (Fsp3) is 0.231. The molecule has 1 aliphatic heterocycles. The van der Waals surface area contributed by atoms with Crippen molar-refractivity contribution in [3.05, 3.63) is 95.6 Å². The number of nitrogens with one attached hydrogen (secondary N) is 1. The Morgan fingerprint density at radius 1 is 0.912 bits per heavy atom. The fourth-order valence-corrected chi connectivity index (χ4v) is 3.72. The standard InChI is InChI=1S/C26H25NO7/c1-30-19-13-14-20(21(15-19)31-2)24-27-22(18-11-7-4-8-12-18)23(33-24)25(28)34-26(29)32-16-17-9-5-3-6-10-17/h3-15,22-24,27H,16H2,1-2H3. The molecule has 1 N–H and O–H groups in total. The van der Waals surface area contributed by atoms with Crippen LogP contribution < -0.4 is 14.8 Å². The van der Waals surface area contributed by atoms with Crippen molar-refractivity contribution < 1.29 is 33.3 Å². The summed E-state index contributed by atoms with van der Waals surface area (Å²) in [4.78, 5) is 25.1. The molecule has 8 nitrogen and oxygen atoms in total. The predicted molar refractivity (Wildman–Crippen MR) is 122 cm³/mol. The van der Waals surface area contributed by atoms with Gasteiger partial charge in [0.05, 0.1) is 20.3 Å². The number of hydrogen-bond donors (Lipinski definition) is 1. The summed E-state index contributed by atoms with van der Waals surface area (Å²) in [5.41, 5.74) is 2.25. The molecule has 4 rings (SSSR count). The minimum absolute atomic E-state index is 0.00941. The predicted octanol–water partition coefficient (Wildman–Crippen LogP) is 4.31. The average Bonchev–Trinajstić information content (AvgIpc) is 3.34. The molecule has 1 fully saturated rings. The Labute approximate surface area is 197 Å². The summed E-state index contributed by atoms with van der Waals surface area (Å²) in [6.07, 6.45) is -2.87. The van der Waals surface area contributed by atoms with Gasteiger partial charge in [0, 0.05) is 11.6 Å². The van der Waals surface area contributed by atoms with Gasteiger partial charge >= 0.3 is 12.1 Å². The van der Waals surface area contributed by atoms with Gasteiger partial charge in [-0.05, 0) is 23.3 Å². The molecule has 1 aliphatic rings. The van der Waals surface area contributed by atoms with E-state index in [0.717, 1.165) is 11.1 Å². The summed E-state index contributed by atoms with van der Waals surface area (Å²) >= 11 is 0. The molecule has 3 atom stereocenters. The first-order valence-electron chi connectivity index (χ1n) is 10.7. The molecular weight excluding hydrogens is 438 g/mol. The van der Waals surface area contributed by atoms with E-state index in [1.807, 2.05) is 48.5 Å². The third-order valence-electron chi connectivity index (χ3n) is 5.41. The average molecular weight is 463 g/mol. The molecule has 3 aromatic rings. The van der Waals surface area contributed by atoms with E-state index >= 15 is 0 Å². The van der Waals surface area contributed by atoms with E-state index in [1.165, 1.54) is 7.11 Å². The molecule has 0 aliphatic carbocycles. The first-order chi connectivity index (χ1) is 16.6. The van der Waals surface area contributed by atoms with Crippen molar-refractivity contribution in [1.82, 2.24) is 5.32 Å². The van der Waals surface area contributed by atoms with Gasteiger partial charge < -0.3 is 23.7 Å².